The van der Waals surface area contributed by atoms with Gasteiger partial charge in [0.1, 0.15) is 0 Å². The molecule has 0 aromatic heterocycles. The molecule has 2 fully saturated rings. The van der Waals surface area contributed by atoms with E-state index in [0.29, 0.717) is 17.7 Å². The minimum atomic E-state index is 0.374. The van der Waals surface area contributed by atoms with Crippen molar-refractivity contribution < 1.29 is 4.79 Å². The lowest BCUT2D eigenvalue weighted by Gasteiger charge is -2.23. The van der Waals surface area contributed by atoms with Crippen LogP contribution in [0.15, 0.2) is 0 Å². The average Bonchev–Trinajstić information content (AvgIpc) is 3.04. The molecule has 1 atom stereocenters. The van der Waals surface area contributed by atoms with Gasteiger partial charge in [0.05, 0.1) is 0 Å². The maximum atomic E-state index is 11.8. The van der Waals surface area contributed by atoms with Gasteiger partial charge in [-0.05, 0) is 51.1 Å². The summed E-state index contributed by atoms with van der Waals surface area (Å²) in [4.78, 5) is 13.7. The van der Waals surface area contributed by atoms with Gasteiger partial charge in [-0.2, -0.15) is 0 Å². The van der Waals surface area contributed by atoms with Crippen molar-refractivity contribution in [1.29, 1.82) is 0 Å². The quantitative estimate of drug-likeness (QED) is 0.760. The summed E-state index contributed by atoms with van der Waals surface area (Å²) < 4.78 is 0. The minimum absolute atomic E-state index is 0.374. The molecule has 1 aliphatic heterocycles. The molecule has 2 aliphatic rings. The molecule has 3 heteroatoms. The maximum absolute atomic E-state index is 11.8. The van der Waals surface area contributed by atoms with Gasteiger partial charge in [-0.1, -0.05) is 0 Å². The van der Waals surface area contributed by atoms with Crippen LogP contribution in [0.2, 0.25) is 0 Å². The third-order valence-corrected chi connectivity index (χ3v) is 3.53. The van der Waals surface area contributed by atoms with Crippen LogP contribution >= 0.6 is 0 Å². The normalized spacial score (nSPS) is 27.1. The zero-order valence-electron chi connectivity index (χ0n) is 9.67. The summed E-state index contributed by atoms with van der Waals surface area (Å²) in [6, 6.07) is 0. The Morgan fingerprint density at radius 3 is 2.80 bits per heavy atom. The fourth-order valence-corrected chi connectivity index (χ4v) is 2.39. The molecule has 1 aliphatic carbocycles. The molecule has 1 heterocycles. The molecule has 86 valence electrons. The molecule has 0 aromatic rings. The summed E-state index contributed by atoms with van der Waals surface area (Å²) in [6.07, 6.45) is 6.00. The van der Waals surface area contributed by atoms with Crippen LogP contribution in [0.5, 0.6) is 0 Å². The van der Waals surface area contributed by atoms with Gasteiger partial charge < -0.3 is 10.2 Å². The number of hydrogen-bond donors (Lipinski definition) is 1. The lowest BCUT2D eigenvalue weighted by Crippen LogP contribution is -2.33. The molecule has 1 amide bonds. The molecule has 3 nitrogen and oxygen atoms in total. The number of amides is 1. The van der Waals surface area contributed by atoms with Crippen molar-refractivity contribution >= 4 is 5.91 Å². The Bertz CT molecular complexity index is 218. The highest BCUT2D eigenvalue weighted by molar-refractivity contribution is 5.80. The molecule has 0 bridgehead atoms. The zero-order valence-corrected chi connectivity index (χ0v) is 9.67. The van der Waals surface area contributed by atoms with E-state index in [2.05, 4.69) is 5.32 Å². The van der Waals surface area contributed by atoms with Gasteiger partial charge in [0.15, 0.2) is 0 Å². The van der Waals surface area contributed by atoms with Crippen LogP contribution < -0.4 is 5.32 Å². The van der Waals surface area contributed by atoms with Gasteiger partial charge in [-0.25, -0.2) is 0 Å². The van der Waals surface area contributed by atoms with E-state index in [1.165, 1.54) is 19.3 Å². The second-order valence-electron chi connectivity index (χ2n) is 5.04. The monoisotopic (exact) mass is 210 g/mol. The Balaban J connectivity index is 1.75. The summed E-state index contributed by atoms with van der Waals surface area (Å²) in [5.74, 6) is 1.47. The summed E-state index contributed by atoms with van der Waals surface area (Å²) in [7, 11) is 1.97. The van der Waals surface area contributed by atoms with Crippen molar-refractivity contribution in [1.82, 2.24) is 10.2 Å². The van der Waals surface area contributed by atoms with E-state index in [9.17, 15) is 4.79 Å². The first kappa shape index (κ1) is 10.9. The largest absolute Gasteiger partial charge is 0.345 e. The number of nitrogens with zero attached hydrogens (tertiary/aromatic N) is 1. The topological polar surface area (TPSA) is 32.3 Å². The number of carbonyl (C=O) groups excluding carboxylic acids is 1. The van der Waals surface area contributed by atoms with Crippen LogP contribution in [-0.2, 0) is 4.79 Å². The molecule has 0 spiro atoms. The van der Waals surface area contributed by atoms with Gasteiger partial charge in [-0.15, -0.1) is 0 Å². The van der Waals surface area contributed by atoms with Crippen molar-refractivity contribution in [3.05, 3.63) is 0 Å². The van der Waals surface area contributed by atoms with Crippen molar-refractivity contribution in [2.45, 2.75) is 32.1 Å². The van der Waals surface area contributed by atoms with Crippen molar-refractivity contribution in [3.63, 3.8) is 0 Å². The Hall–Kier alpha value is -0.570. The van der Waals surface area contributed by atoms with Gasteiger partial charge in [-0.3, -0.25) is 4.79 Å². The Morgan fingerprint density at radius 1 is 1.27 bits per heavy atom. The first-order valence-electron chi connectivity index (χ1n) is 6.23. The molecule has 0 radical (unpaired) electrons. The average molecular weight is 210 g/mol. The SMILES string of the molecule is CN(CC1CCCNCC1)C(=O)C1CC1. The predicted molar refractivity (Wildman–Crippen MR) is 60.6 cm³/mol. The zero-order chi connectivity index (χ0) is 10.7. The van der Waals surface area contributed by atoms with E-state index in [-0.39, 0.29) is 0 Å². The Labute approximate surface area is 92.2 Å². The molecule has 1 N–H and O–H groups in total. The molecule has 1 saturated carbocycles. The summed E-state index contributed by atoms with van der Waals surface area (Å²) in [5, 5.41) is 3.41. The number of carbonyl (C=O) groups is 1. The fraction of sp³-hybridized carbons (Fsp3) is 0.917. The van der Waals surface area contributed by atoms with Gasteiger partial charge in [0.25, 0.3) is 0 Å². The number of rotatable bonds is 3. The highest BCUT2D eigenvalue weighted by Gasteiger charge is 2.32. The smallest absolute Gasteiger partial charge is 0.225 e. The van der Waals surface area contributed by atoms with Crippen LogP contribution in [0.25, 0.3) is 0 Å². The summed E-state index contributed by atoms with van der Waals surface area (Å²) in [6.45, 7) is 3.24. The van der Waals surface area contributed by atoms with Crippen LogP contribution in [0.3, 0.4) is 0 Å². The highest BCUT2D eigenvalue weighted by atomic mass is 16.2. The molecule has 15 heavy (non-hydrogen) atoms. The second-order valence-corrected chi connectivity index (χ2v) is 5.04. The summed E-state index contributed by atoms with van der Waals surface area (Å²) in [5.41, 5.74) is 0. The minimum Gasteiger partial charge on any atom is -0.345 e. The van der Waals surface area contributed by atoms with Crippen molar-refractivity contribution in [2.75, 3.05) is 26.7 Å². The van der Waals surface area contributed by atoms with Crippen molar-refractivity contribution in [2.24, 2.45) is 11.8 Å². The predicted octanol–water partition coefficient (Wildman–Crippen LogP) is 1.24. The summed E-state index contributed by atoms with van der Waals surface area (Å²) >= 11 is 0. The third kappa shape index (κ3) is 3.20. The van der Waals surface area contributed by atoms with E-state index in [1.54, 1.807) is 0 Å². The Morgan fingerprint density at radius 2 is 2.07 bits per heavy atom. The fourth-order valence-electron chi connectivity index (χ4n) is 2.39. The first-order valence-corrected chi connectivity index (χ1v) is 6.23. The number of nitrogens with one attached hydrogen (secondary N) is 1. The molecular formula is C12H22N2O. The van der Waals surface area contributed by atoms with Gasteiger partial charge >= 0.3 is 0 Å². The van der Waals surface area contributed by atoms with E-state index >= 15 is 0 Å². The molecule has 2 rings (SSSR count). The van der Waals surface area contributed by atoms with Crippen molar-refractivity contribution in [3.8, 4) is 0 Å². The van der Waals surface area contributed by atoms with E-state index in [1.807, 2.05) is 11.9 Å². The first-order chi connectivity index (χ1) is 7.27. The molecule has 1 saturated heterocycles. The second kappa shape index (κ2) is 4.97. The van der Waals surface area contributed by atoms with Gasteiger partial charge in [0.2, 0.25) is 5.91 Å². The lowest BCUT2D eigenvalue weighted by molar-refractivity contribution is -0.131. The maximum Gasteiger partial charge on any atom is 0.225 e. The van der Waals surface area contributed by atoms with E-state index < -0.39 is 0 Å². The highest BCUT2D eigenvalue weighted by Crippen LogP contribution is 2.31. The number of hydrogen-bond acceptors (Lipinski definition) is 2. The Kier molecular flexibility index (Phi) is 3.62. The van der Waals surface area contributed by atoms with E-state index in [4.69, 9.17) is 0 Å². The molecular weight excluding hydrogens is 188 g/mol. The van der Waals surface area contributed by atoms with Crippen LogP contribution in [0, 0.1) is 11.8 Å². The third-order valence-electron chi connectivity index (χ3n) is 3.53. The van der Waals surface area contributed by atoms with Gasteiger partial charge in [0, 0.05) is 19.5 Å². The van der Waals surface area contributed by atoms with Crippen LogP contribution in [-0.4, -0.2) is 37.5 Å². The van der Waals surface area contributed by atoms with E-state index in [0.717, 1.165) is 32.5 Å². The standard InChI is InChI=1S/C12H22N2O/c1-14(12(15)11-4-5-11)9-10-3-2-7-13-8-6-10/h10-11,13H,2-9H2,1H3. The molecule has 0 aromatic carbocycles. The van der Waals surface area contributed by atoms with Crippen LogP contribution in [0.4, 0.5) is 0 Å². The molecule has 1 unspecified atom stereocenters. The lowest BCUT2D eigenvalue weighted by atomic mass is 10.00. The van der Waals surface area contributed by atoms with Crippen LogP contribution in [0.1, 0.15) is 32.1 Å².